The first kappa shape index (κ1) is 13.7. The van der Waals surface area contributed by atoms with Crippen LogP contribution in [0, 0.1) is 18.8 Å². The summed E-state index contributed by atoms with van der Waals surface area (Å²) in [4.78, 5) is 11.8. The molecule has 2 rings (SSSR count). The Morgan fingerprint density at radius 1 is 1.50 bits per heavy atom. The molecule has 1 aromatic carbocycles. The number of aliphatic hydroxyl groups excluding tert-OH is 1. The zero-order valence-corrected chi connectivity index (χ0v) is 10.9. The fourth-order valence-electron chi connectivity index (χ4n) is 1.62. The van der Waals surface area contributed by atoms with Crippen LogP contribution >= 0.6 is 0 Å². The maximum absolute atomic E-state index is 11.8. The van der Waals surface area contributed by atoms with Gasteiger partial charge in [-0.25, -0.2) is 4.68 Å². The number of amides is 1. The van der Waals surface area contributed by atoms with E-state index in [1.54, 1.807) is 12.1 Å². The molecule has 0 aliphatic carbocycles. The fourth-order valence-corrected chi connectivity index (χ4v) is 1.62. The van der Waals surface area contributed by atoms with Gasteiger partial charge in [-0.3, -0.25) is 4.79 Å². The van der Waals surface area contributed by atoms with E-state index < -0.39 is 0 Å². The Labute approximate surface area is 115 Å². The highest BCUT2D eigenvalue weighted by Gasteiger charge is 2.05. The van der Waals surface area contributed by atoms with Crippen molar-refractivity contribution in [2.75, 3.05) is 11.9 Å². The standard InChI is InChI=1S/C13H13N5O2/c1-10-7-12(5-4-11(10)3-2-6-19)15-13(20)8-18-9-14-16-17-18/h4-5,7,9,19H,6,8H2,1H3,(H,15,20). The van der Waals surface area contributed by atoms with Crippen molar-refractivity contribution in [1.82, 2.24) is 20.2 Å². The highest BCUT2D eigenvalue weighted by Crippen LogP contribution is 2.14. The summed E-state index contributed by atoms with van der Waals surface area (Å²) in [6, 6.07) is 5.37. The summed E-state index contributed by atoms with van der Waals surface area (Å²) in [6.45, 7) is 1.76. The number of anilines is 1. The number of nitrogens with one attached hydrogen (secondary N) is 1. The number of aliphatic hydroxyl groups is 1. The zero-order chi connectivity index (χ0) is 14.4. The quantitative estimate of drug-likeness (QED) is 0.764. The molecule has 0 aliphatic rings. The first-order chi connectivity index (χ1) is 9.69. The van der Waals surface area contributed by atoms with Gasteiger partial charge in [0.25, 0.3) is 0 Å². The predicted molar refractivity (Wildman–Crippen MR) is 71.6 cm³/mol. The molecule has 2 N–H and O–H groups in total. The van der Waals surface area contributed by atoms with Gasteiger partial charge in [0.05, 0.1) is 0 Å². The van der Waals surface area contributed by atoms with Gasteiger partial charge in [0.1, 0.15) is 19.5 Å². The Balaban J connectivity index is 2.03. The molecule has 0 saturated heterocycles. The Morgan fingerprint density at radius 3 is 3.00 bits per heavy atom. The van der Waals surface area contributed by atoms with Crippen LogP contribution in [0.1, 0.15) is 11.1 Å². The van der Waals surface area contributed by atoms with Crippen LogP contribution in [0.25, 0.3) is 0 Å². The van der Waals surface area contributed by atoms with E-state index in [9.17, 15) is 4.79 Å². The zero-order valence-electron chi connectivity index (χ0n) is 10.9. The number of carbonyl (C=O) groups excluding carboxylic acids is 1. The number of nitrogens with zero attached hydrogens (tertiary/aromatic N) is 4. The van der Waals surface area contributed by atoms with E-state index in [1.165, 1.54) is 11.0 Å². The van der Waals surface area contributed by atoms with Gasteiger partial charge >= 0.3 is 0 Å². The van der Waals surface area contributed by atoms with Crippen LogP contribution in [-0.4, -0.2) is 37.8 Å². The molecule has 1 heterocycles. The monoisotopic (exact) mass is 271 g/mol. The van der Waals surface area contributed by atoms with E-state index in [-0.39, 0.29) is 19.1 Å². The van der Waals surface area contributed by atoms with Crippen molar-refractivity contribution < 1.29 is 9.90 Å². The molecule has 0 unspecified atom stereocenters. The van der Waals surface area contributed by atoms with E-state index >= 15 is 0 Å². The lowest BCUT2D eigenvalue weighted by atomic mass is 10.1. The summed E-state index contributed by atoms with van der Waals surface area (Å²) in [7, 11) is 0. The molecule has 0 radical (unpaired) electrons. The third-order valence-corrected chi connectivity index (χ3v) is 2.51. The molecular formula is C13H13N5O2. The van der Waals surface area contributed by atoms with Crippen LogP contribution in [-0.2, 0) is 11.3 Å². The second-order valence-electron chi connectivity index (χ2n) is 4.05. The van der Waals surface area contributed by atoms with Crippen LogP contribution in [0.4, 0.5) is 5.69 Å². The van der Waals surface area contributed by atoms with Crippen molar-refractivity contribution in [3.05, 3.63) is 35.7 Å². The lowest BCUT2D eigenvalue weighted by Gasteiger charge is -2.06. The molecule has 7 heteroatoms. The van der Waals surface area contributed by atoms with Gasteiger partial charge in [-0.2, -0.15) is 0 Å². The maximum atomic E-state index is 11.8. The first-order valence-electron chi connectivity index (χ1n) is 5.90. The second-order valence-corrected chi connectivity index (χ2v) is 4.05. The first-order valence-corrected chi connectivity index (χ1v) is 5.90. The molecule has 20 heavy (non-hydrogen) atoms. The van der Waals surface area contributed by atoms with Crippen molar-refractivity contribution in [2.24, 2.45) is 0 Å². The van der Waals surface area contributed by atoms with Gasteiger partial charge in [-0.15, -0.1) is 5.10 Å². The van der Waals surface area contributed by atoms with Gasteiger partial charge in [0, 0.05) is 11.3 Å². The van der Waals surface area contributed by atoms with Crippen LogP contribution in [0.15, 0.2) is 24.5 Å². The Bertz CT molecular complexity index is 655. The molecule has 2 aromatic rings. The minimum Gasteiger partial charge on any atom is -0.384 e. The summed E-state index contributed by atoms with van der Waals surface area (Å²) >= 11 is 0. The smallest absolute Gasteiger partial charge is 0.246 e. The van der Waals surface area contributed by atoms with Crippen LogP contribution in [0.5, 0.6) is 0 Å². The third kappa shape index (κ3) is 3.63. The number of hydrogen-bond donors (Lipinski definition) is 2. The highest BCUT2D eigenvalue weighted by molar-refractivity contribution is 5.90. The molecule has 102 valence electrons. The van der Waals surface area contributed by atoms with Gasteiger partial charge in [-0.1, -0.05) is 11.8 Å². The van der Waals surface area contributed by atoms with E-state index in [4.69, 9.17) is 5.11 Å². The molecule has 0 aliphatic heterocycles. The van der Waals surface area contributed by atoms with Crippen LogP contribution in [0.2, 0.25) is 0 Å². The van der Waals surface area contributed by atoms with Crippen molar-refractivity contribution >= 4 is 11.6 Å². The minimum atomic E-state index is -0.217. The highest BCUT2D eigenvalue weighted by atomic mass is 16.2. The summed E-state index contributed by atoms with van der Waals surface area (Å²) in [5.41, 5.74) is 2.42. The Kier molecular flexibility index (Phi) is 4.42. The van der Waals surface area contributed by atoms with E-state index in [0.29, 0.717) is 5.69 Å². The Hall–Kier alpha value is -2.72. The van der Waals surface area contributed by atoms with Crippen LogP contribution < -0.4 is 5.32 Å². The topological polar surface area (TPSA) is 92.9 Å². The van der Waals surface area contributed by atoms with Gasteiger partial charge in [0.2, 0.25) is 5.91 Å². The Morgan fingerprint density at radius 2 is 2.35 bits per heavy atom. The van der Waals surface area contributed by atoms with Crippen LogP contribution in [0.3, 0.4) is 0 Å². The van der Waals surface area contributed by atoms with Crippen molar-refractivity contribution in [2.45, 2.75) is 13.5 Å². The lowest BCUT2D eigenvalue weighted by Crippen LogP contribution is -2.19. The average Bonchev–Trinajstić information content (AvgIpc) is 2.90. The molecule has 0 saturated carbocycles. The number of aryl methyl sites for hydroxylation is 1. The average molecular weight is 271 g/mol. The summed E-state index contributed by atoms with van der Waals surface area (Å²) in [5, 5.41) is 21.9. The number of carbonyl (C=O) groups is 1. The third-order valence-electron chi connectivity index (χ3n) is 2.51. The lowest BCUT2D eigenvalue weighted by molar-refractivity contribution is -0.116. The molecule has 0 fully saturated rings. The number of aromatic nitrogens is 4. The number of rotatable bonds is 3. The molecular weight excluding hydrogens is 258 g/mol. The van der Waals surface area contributed by atoms with Gasteiger partial charge < -0.3 is 10.4 Å². The number of tetrazole rings is 1. The van der Waals surface area contributed by atoms with E-state index in [2.05, 4.69) is 32.7 Å². The molecule has 0 spiro atoms. The predicted octanol–water partition coefficient (Wildman–Crippen LogP) is -0.0360. The summed E-state index contributed by atoms with van der Waals surface area (Å²) < 4.78 is 1.34. The van der Waals surface area contributed by atoms with Gasteiger partial charge in [0.15, 0.2) is 0 Å². The molecule has 7 nitrogen and oxygen atoms in total. The van der Waals surface area contributed by atoms with Crippen molar-refractivity contribution in [3.63, 3.8) is 0 Å². The summed E-state index contributed by atoms with van der Waals surface area (Å²) in [6.07, 6.45) is 1.37. The van der Waals surface area contributed by atoms with Crippen molar-refractivity contribution in [1.29, 1.82) is 0 Å². The molecule has 0 bridgehead atoms. The normalized spacial score (nSPS) is 9.70. The number of benzene rings is 1. The largest absolute Gasteiger partial charge is 0.384 e. The maximum Gasteiger partial charge on any atom is 0.246 e. The molecule has 1 aromatic heterocycles. The summed E-state index contributed by atoms with van der Waals surface area (Å²) in [5.74, 6) is 5.21. The van der Waals surface area contributed by atoms with E-state index in [0.717, 1.165) is 11.1 Å². The van der Waals surface area contributed by atoms with E-state index in [1.807, 2.05) is 13.0 Å². The van der Waals surface area contributed by atoms with Gasteiger partial charge in [-0.05, 0) is 41.1 Å². The minimum absolute atomic E-state index is 0.0537. The fraction of sp³-hybridized carbons (Fsp3) is 0.231. The van der Waals surface area contributed by atoms with Crippen molar-refractivity contribution in [3.8, 4) is 11.8 Å². The molecule has 0 atom stereocenters. The second kappa shape index (κ2) is 6.45. The SMILES string of the molecule is Cc1cc(NC(=O)Cn2cnnn2)ccc1C#CCO. The molecule has 1 amide bonds. The number of hydrogen-bond acceptors (Lipinski definition) is 5.